The maximum absolute atomic E-state index is 14.4. The summed E-state index contributed by atoms with van der Waals surface area (Å²) >= 11 is 6.24. The first-order chi connectivity index (χ1) is 12.8. The van der Waals surface area contributed by atoms with E-state index in [4.69, 9.17) is 16.3 Å². The third-order valence-electron chi connectivity index (χ3n) is 4.82. The van der Waals surface area contributed by atoms with Crippen molar-refractivity contribution in [2.75, 3.05) is 19.1 Å². The van der Waals surface area contributed by atoms with E-state index in [0.717, 1.165) is 5.56 Å². The molecule has 0 fully saturated rings. The first kappa shape index (κ1) is 19.0. The smallest absolute Gasteiger partial charge is 0.335 e. The molecule has 1 atom stereocenters. The Labute approximate surface area is 160 Å². The molecule has 2 aromatic rings. The number of methoxy groups -OCH3 is 1. The van der Waals surface area contributed by atoms with Crippen LogP contribution in [0.15, 0.2) is 30.3 Å². The van der Waals surface area contributed by atoms with Crippen molar-refractivity contribution in [1.29, 1.82) is 0 Å². The Kier molecular flexibility index (Phi) is 4.97. The van der Waals surface area contributed by atoms with Crippen molar-refractivity contribution in [3.63, 3.8) is 0 Å². The number of carbonyl (C=O) groups is 2. The van der Waals surface area contributed by atoms with E-state index in [2.05, 4.69) is 0 Å². The molecule has 0 aromatic heterocycles. The average molecular weight is 393 g/mol. The molecule has 1 aliphatic heterocycles. The van der Waals surface area contributed by atoms with Crippen molar-refractivity contribution < 1.29 is 23.8 Å². The number of carboxylic acids is 1. The SMILES string of the molecule is COc1ccc(F)c(CN2C(=O)N(C)C(C)c3ccc(C(=O)O)cc32)c1Cl. The zero-order valence-corrected chi connectivity index (χ0v) is 15.7. The second-order valence-electron chi connectivity index (χ2n) is 6.28. The molecule has 2 amide bonds. The van der Waals surface area contributed by atoms with E-state index in [1.165, 1.54) is 41.2 Å². The van der Waals surface area contributed by atoms with Crippen LogP contribution in [0, 0.1) is 5.82 Å². The predicted molar refractivity (Wildman–Crippen MR) is 99.1 cm³/mol. The molecule has 8 heteroatoms. The van der Waals surface area contributed by atoms with Crippen LogP contribution in [0.4, 0.5) is 14.9 Å². The molecular formula is C19H18ClFN2O4. The van der Waals surface area contributed by atoms with Crippen molar-refractivity contribution in [2.45, 2.75) is 19.5 Å². The van der Waals surface area contributed by atoms with Crippen LogP contribution in [0.3, 0.4) is 0 Å². The topological polar surface area (TPSA) is 70.1 Å². The fourth-order valence-corrected chi connectivity index (χ4v) is 3.41. The number of hydrogen-bond acceptors (Lipinski definition) is 3. The summed E-state index contributed by atoms with van der Waals surface area (Å²) in [6.07, 6.45) is 0. The minimum absolute atomic E-state index is 0.0421. The number of hydrogen-bond donors (Lipinski definition) is 1. The monoisotopic (exact) mass is 392 g/mol. The molecule has 27 heavy (non-hydrogen) atoms. The average Bonchev–Trinajstić information content (AvgIpc) is 2.65. The van der Waals surface area contributed by atoms with E-state index >= 15 is 0 Å². The number of carboxylic acid groups (broad SMARTS) is 1. The van der Waals surface area contributed by atoms with Crippen LogP contribution in [-0.4, -0.2) is 36.2 Å². The van der Waals surface area contributed by atoms with E-state index in [1.54, 1.807) is 13.1 Å². The molecule has 1 N–H and O–H groups in total. The van der Waals surface area contributed by atoms with Crippen LogP contribution >= 0.6 is 11.6 Å². The highest BCUT2D eigenvalue weighted by atomic mass is 35.5. The van der Waals surface area contributed by atoms with Gasteiger partial charge in [0.25, 0.3) is 0 Å². The Morgan fingerprint density at radius 3 is 2.67 bits per heavy atom. The molecule has 142 valence electrons. The lowest BCUT2D eigenvalue weighted by Crippen LogP contribution is -2.46. The van der Waals surface area contributed by atoms with Crippen LogP contribution in [0.1, 0.15) is 34.5 Å². The predicted octanol–water partition coefficient (Wildman–Crippen LogP) is 4.32. The zero-order valence-electron chi connectivity index (χ0n) is 15.0. The summed E-state index contributed by atoms with van der Waals surface area (Å²) in [6.45, 7) is 1.68. The number of fused-ring (bicyclic) bond motifs is 1. The molecule has 1 aliphatic rings. The molecule has 0 saturated carbocycles. The van der Waals surface area contributed by atoms with E-state index in [-0.39, 0.29) is 34.8 Å². The van der Waals surface area contributed by atoms with Gasteiger partial charge in [-0.05, 0) is 36.8 Å². The maximum Gasteiger partial charge on any atom is 0.335 e. The molecule has 0 saturated heterocycles. The highest BCUT2D eigenvalue weighted by molar-refractivity contribution is 6.32. The van der Waals surface area contributed by atoms with Crippen molar-refractivity contribution in [3.8, 4) is 5.75 Å². The van der Waals surface area contributed by atoms with Crippen LogP contribution in [-0.2, 0) is 6.54 Å². The van der Waals surface area contributed by atoms with Gasteiger partial charge in [0.2, 0.25) is 0 Å². The Balaban J connectivity index is 2.13. The second-order valence-corrected chi connectivity index (χ2v) is 6.65. The number of rotatable bonds is 4. The van der Waals surface area contributed by atoms with Gasteiger partial charge in [0.1, 0.15) is 11.6 Å². The van der Waals surface area contributed by atoms with Gasteiger partial charge in [-0.2, -0.15) is 0 Å². The molecule has 1 unspecified atom stereocenters. The summed E-state index contributed by atoms with van der Waals surface area (Å²) in [5.41, 5.74) is 1.32. The van der Waals surface area contributed by atoms with Gasteiger partial charge in [-0.3, -0.25) is 4.90 Å². The molecule has 0 radical (unpaired) electrons. The number of aromatic carboxylic acids is 1. The number of amides is 2. The molecule has 2 aromatic carbocycles. The highest BCUT2D eigenvalue weighted by Gasteiger charge is 2.34. The summed E-state index contributed by atoms with van der Waals surface area (Å²) in [4.78, 5) is 27.1. The third kappa shape index (κ3) is 3.19. The summed E-state index contributed by atoms with van der Waals surface area (Å²) in [7, 11) is 3.05. The standard InChI is InChI=1S/C19H18ClFN2O4/c1-10-12-5-4-11(18(24)25)8-15(12)23(19(26)22(10)2)9-13-14(21)6-7-16(27-3)17(13)20/h4-8,10H,9H2,1-3H3,(H,24,25). The zero-order chi connectivity index (χ0) is 19.9. The summed E-state index contributed by atoms with van der Waals surface area (Å²) < 4.78 is 19.5. The molecule has 0 spiro atoms. The Bertz CT molecular complexity index is 934. The first-order valence-corrected chi connectivity index (χ1v) is 8.56. The minimum Gasteiger partial charge on any atom is -0.495 e. The number of nitrogens with zero attached hydrogens (tertiary/aromatic N) is 2. The van der Waals surface area contributed by atoms with Gasteiger partial charge in [0, 0.05) is 12.6 Å². The van der Waals surface area contributed by atoms with Gasteiger partial charge in [-0.25, -0.2) is 14.0 Å². The number of carbonyl (C=O) groups excluding carboxylic acids is 1. The highest BCUT2D eigenvalue weighted by Crippen LogP contribution is 2.39. The second kappa shape index (κ2) is 7.08. The number of halogens is 2. The van der Waals surface area contributed by atoms with Gasteiger partial charge >= 0.3 is 12.0 Å². The minimum atomic E-state index is -1.11. The van der Waals surface area contributed by atoms with Crippen molar-refractivity contribution >= 4 is 29.3 Å². The fraction of sp³-hybridized carbons (Fsp3) is 0.263. The number of benzene rings is 2. The molecular weight excluding hydrogens is 375 g/mol. The summed E-state index contributed by atoms with van der Waals surface area (Å²) in [5.74, 6) is -1.40. The molecule has 0 aliphatic carbocycles. The summed E-state index contributed by atoms with van der Waals surface area (Å²) in [6, 6.07) is 6.57. The van der Waals surface area contributed by atoms with E-state index in [0.29, 0.717) is 11.4 Å². The van der Waals surface area contributed by atoms with Crippen LogP contribution in [0.25, 0.3) is 0 Å². The lowest BCUT2D eigenvalue weighted by atomic mass is 9.98. The normalized spacial score (nSPS) is 16.3. The number of urea groups is 1. The quantitative estimate of drug-likeness (QED) is 0.841. The van der Waals surface area contributed by atoms with Crippen LogP contribution in [0.2, 0.25) is 5.02 Å². The molecule has 1 heterocycles. The Hall–Kier alpha value is -2.80. The van der Waals surface area contributed by atoms with Gasteiger partial charge < -0.3 is 14.7 Å². The van der Waals surface area contributed by atoms with Crippen molar-refractivity contribution in [2.24, 2.45) is 0 Å². The van der Waals surface area contributed by atoms with Crippen molar-refractivity contribution in [3.05, 3.63) is 57.9 Å². The first-order valence-electron chi connectivity index (χ1n) is 8.18. The summed E-state index contributed by atoms with van der Waals surface area (Å²) in [5, 5.41) is 9.36. The van der Waals surface area contributed by atoms with E-state index in [1.807, 2.05) is 6.92 Å². The molecule has 6 nitrogen and oxygen atoms in total. The lowest BCUT2D eigenvalue weighted by molar-refractivity contribution is 0.0696. The third-order valence-corrected chi connectivity index (χ3v) is 5.23. The van der Waals surface area contributed by atoms with Crippen LogP contribution in [0.5, 0.6) is 5.75 Å². The van der Waals surface area contributed by atoms with Gasteiger partial charge in [0.15, 0.2) is 0 Å². The van der Waals surface area contributed by atoms with Gasteiger partial charge in [-0.15, -0.1) is 0 Å². The van der Waals surface area contributed by atoms with E-state index < -0.39 is 11.8 Å². The van der Waals surface area contributed by atoms with E-state index in [9.17, 15) is 19.1 Å². The van der Waals surface area contributed by atoms with Gasteiger partial charge in [-0.1, -0.05) is 17.7 Å². The Morgan fingerprint density at radius 1 is 1.33 bits per heavy atom. The molecule has 3 rings (SSSR count). The lowest BCUT2D eigenvalue weighted by Gasteiger charge is -2.39. The van der Waals surface area contributed by atoms with Crippen molar-refractivity contribution in [1.82, 2.24) is 4.90 Å². The number of anilines is 1. The fourth-order valence-electron chi connectivity index (χ4n) is 3.12. The van der Waals surface area contributed by atoms with Crippen LogP contribution < -0.4 is 9.64 Å². The Morgan fingerprint density at radius 2 is 2.04 bits per heavy atom. The van der Waals surface area contributed by atoms with Gasteiger partial charge in [0.05, 0.1) is 36.0 Å². The maximum atomic E-state index is 14.4. The molecule has 0 bridgehead atoms. The largest absolute Gasteiger partial charge is 0.495 e. The number of ether oxygens (including phenoxy) is 1.